The molecule has 0 radical (unpaired) electrons. The molecule has 1 heterocycles. The van der Waals surface area contributed by atoms with Gasteiger partial charge < -0.3 is 10.4 Å². The molecule has 0 atom stereocenters. The van der Waals surface area contributed by atoms with E-state index in [9.17, 15) is 4.79 Å². The molecule has 0 saturated heterocycles. The number of aliphatic carboxylic acids is 1. The van der Waals surface area contributed by atoms with Gasteiger partial charge in [-0.25, -0.2) is 9.97 Å². The van der Waals surface area contributed by atoms with Crippen molar-refractivity contribution in [3.05, 3.63) is 17.5 Å². The molecule has 0 saturated carbocycles. The summed E-state index contributed by atoms with van der Waals surface area (Å²) in [5.74, 6) is 0.261. The van der Waals surface area contributed by atoms with Crippen LogP contribution in [0.1, 0.15) is 50.4 Å². The van der Waals surface area contributed by atoms with E-state index in [0.29, 0.717) is 24.8 Å². The number of nitrogens with zero attached hydrogens (tertiary/aromatic N) is 2. The topological polar surface area (TPSA) is 75.1 Å². The second kappa shape index (κ2) is 6.93. The van der Waals surface area contributed by atoms with Gasteiger partial charge in [-0.3, -0.25) is 4.79 Å². The first-order valence-corrected chi connectivity index (χ1v) is 6.30. The summed E-state index contributed by atoms with van der Waals surface area (Å²) in [5.41, 5.74) is 1.97. The highest BCUT2D eigenvalue weighted by molar-refractivity contribution is 5.66. The standard InChI is InChI=1S/C13H21N3O2/c1-9(2)11-8-10(3)15-13(16-11)14-7-5-4-6-12(17)18/h8-9H,4-7H2,1-3H3,(H,17,18)(H,14,15,16). The Bertz CT molecular complexity index is 405. The van der Waals surface area contributed by atoms with Gasteiger partial charge in [-0.1, -0.05) is 13.8 Å². The Kier molecular flexibility index (Phi) is 5.55. The lowest BCUT2D eigenvalue weighted by atomic mass is 10.1. The minimum absolute atomic E-state index is 0.216. The largest absolute Gasteiger partial charge is 0.481 e. The van der Waals surface area contributed by atoms with Crippen LogP contribution in [0.3, 0.4) is 0 Å². The lowest BCUT2D eigenvalue weighted by molar-refractivity contribution is -0.137. The lowest BCUT2D eigenvalue weighted by Gasteiger charge is -2.09. The van der Waals surface area contributed by atoms with E-state index in [2.05, 4.69) is 29.1 Å². The number of aromatic nitrogens is 2. The van der Waals surface area contributed by atoms with Crippen LogP contribution in [0.15, 0.2) is 6.07 Å². The zero-order valence-electron chi connectivity index (χ0n) is 11.2. The number of hydrogen-bond acceptors (Lipinski definition) is 4. The van der Waals surface area contributed by atoms with E-state index < -0.39 is 5.97 Å². The second-order valence-corrected chi connectivity index (χ2v) is 4.69. The third kappa shape index (κ3) is 5.12. The van der Waals surface area contributed by atoms with Crippen LogP contribution in [0.25, 0.3) is 0 Å². The molecule has 0 aliphatic carbocycles. The Morgan fingerprint density at radius 2 is 2.11 bits per heavy atom. The average Bonchev–Trinajstić information content (AvgIpc) is 2.27. The van der Waals surface area contributed by atoms with E-state index in [1.54, 1.807) is 0 Å². The van der Waals surface area contributed by atoms with Crippen molar-refractivity contribution in [2.75, 3.05) is 11.9 Å². The van der Waals surface area contributed by atoms with Crippen molar-refractivity contribution in [2.45, 2.75) is 46.0 Å². The maximum atomic E-state index is 10.4. The van der Waals surface area contributed by atoms with Gasteiger partial charge in [-0.05, 0) is 31.7 Å². The SMILES string of the molecule is Cc1cc(C(C)C)nc(NCCCCC(=O)O)n1. The van der Waals surface area contributed by atoms with Gasteiger partial charge >= 0.3 is 5.97 Å². The predicted octanol–water partition coefficient (Wildman–Crippen LogP) is 2.58. The summed E-state index contributed by atoms with van der Waals surface area (Å²) < 4.78 is 0. The smallest absolute Gasteiger partial charge is 0.303 e. The fourth-order valence-corrected chi connectivity index (χ4v) is 1.57. The van der Waals surface area contributed by atoms with Gasteiger partial charge in [0.1, 0.15) is 0 Å². The summed E-state index contributed by atoms with van der Waals surface area (Å²) in [4.78, 5) is 19.1. The molecule has 0 spiro atoms. The molecule has 0 unspecified atom stereocenters. The highest BCUT2D eigenvalue weighted by atomic mass is 16.4. The number of carboxylic acids is 1. The van der Waals surface area contributed by atoms with Crippen molar-refractivity contribution in [2.24, 2.45) is 0 Å². The minimum atomic E-state index is -0.746. The van der Waals surface area contributed by atoms with E-state index in [1.165, 1.54) is 0 Å². The van der Waals surface area contributed by atoms with Gasteiger partial charge in [-0.15, -0.1) is 0 Å². The van der Waals surface area contributed by atoms with E-state index in [0.717, 1.165) is 17.8 Å². The molecule has 0 aromatic carbocycles. The highest BCUT2D eigenvalue weighted by Crippen LogP contribution is 2.14. The Balaban J connectivity index is 2.44. The van der Waals surface area contributed by atoms with E-state index in [4.69, 9.17) is 5.11 Å². The molecule has 0 bridgehead atoms. The zero-order valence-corrected chi connectivity index (χ0v) is 11.2. The quantitative estimate of drug-likeness (QED) is 0.728. The zero-order chi connectivity index (χ0) is 13.5. The molecule has 0 aliphatic rings. The number of unbranched alkanes of at least 4 members (excludes halogenated alkanes) is 1. The maximum Gasteiger partial charge on any atom is 0.303 e. The summed E-state index contributed by atoms with van der Waals surface area (Å²) in [5, 5.41) is 11.7. The third-order valence-electron chi connectivity index (χ3n) is 2.57. The van der Waals surface area contributed by atoms with E-state index >= 15 is 0 Å². The molecule has 5 heteroatoms. The molecule has 0 fully saturated rings. The van der Waals surface area contributed by atoms with Crippen LogP contribution in [0.5, 0.6) is 0 Å². The first kappa shape index (κ1) is 14.4. The van der Waals surface area contributed by atoms with Crippen LogP contribution in [0.4, 0.5) is 5.95 Å². The number of nitrogens with one attached hydrogen (secondary N) is 1. The summed E-state index contributed by atoms with van der Waals surface area (Å²) in [6, 6.07) is 1.99. The summed E-state index contributed by atoms with van der Waals surface area (Å²) >= 11 is 0. The lowest BCUT2D eigenvalue weighted by Crippen LogP contribution is -2.09. The first-order valence-electron chi connectivity index (χ1n) is 6.30. The predicted molar refractivity (Wildman–Crippen MR) is 70.8 cm³/mol. The number of hydrogen-bond donors (Lipinski definition) is 2. The number of anilines is 1. The molecule has 1 aromatic rings. The fourth-order valence-electron chi connectivity index (χ4n) is 1.57. The molecular weight excluding hydrogens is 230 g/mol. The van der Waals surface area contributed by atoms with Crippen LogP contribution in [-0.2, 0) is 4.79 Å². The van der Waals surface area contributed by atoms with Gasteiger partial charge in [0, 0.05) is 24.4 Å². The Morgan fingerprint density at radius 3 is 2.72 bits per heavy atom. The summed E-state index contributed by atoms with van der Waals surface area (Å²) in [6.07, 6.45) is 1.69. The number of rotatable bonds is 7. The van der Waals surface area contributed by atoms with Crippen LogP contribution in [0, 0.1) is 6.92 Å². The van der Waals surface area contributed by atoms with Crippen LogP contribution >= 0.6 is 0 Å². The number of aryl methyl sites for hydroxylation is 1. The fraction of sp³-hybridized carbons (Fsp3) is 0.615. The minimum Gasteiger partial charge on any atom is -0.481 e. The first-order chi connectivity index (χ1) is 8.49. The van der Waals surface area contributed by atoms with Crippen LogP contribution in [-0.4, -0.2) is 27.6 Å². The molecule has 1 aromatic heterocycles. The summed E-state index contributed by atoms with van der Waals surface area (Å²) in [7, 11) is 0. The molecule has 5 nitrogen and oxygen atoms in total. The Morgan fingerprint density at radius 1 is 1.39 bits per heavy atom. The van der Waals surface area contributed by atoms with Crippen molar-refractivity contribution in [3.63, 3.8) is 0 Å². The van der Waals surface area contributed by atoms with Crippen LogP contribution < -0.4 is 5.32 Å². The molecule has 0 aliphatic heterocycles. The Labute approximate surface area is 108 Å². The van der Waals surface area contributed by atoms with E-state index in [-0.39, 0.29) is 6.42 Å². The molecule has 18 heavy (non-hydrogen) atoms. The number of carbonyl (C=O) groups is 1. The van der Waals surface area contributed by atoms with Crippen LogP contribution in [0.2, 0.25) is 0 Å². The third-order valence-corrected chi connectivity index (χ3v) is 2.57. The van der Waals surface area contributed by atoms with Gasteiger partial charge in [0.05, 0.1) is 0 Å². The van der Waals surface area contributed by atoms with Crippen molar-refractivity contribution in [3.8, 4) is 0 Å². The molecule has 2 N–H and O–H groups in total. The van der Waals surface area contributed by atoms with E-state index in [1.807, 2.05) is 13.0 Å². The Hall–Kier alpha value is -1.65. The molecule has 100 valence electrons. The number of carboxylic acid groups (broad SMARTS) is 1. The molecule has 0 amide bonds. The van der Waals surface area contributed by atoms with Gasteiger partial charge in [-0.2, -0.15) is 0 Å². The van der Waals surface area contributed by atoms with Crippen molar-refractivity contribution < 1.29 is 9.90 Å². The average molecular weight is 251 g/mol. The molecular formula is C13H21N3O2. The van der Waals surface area contributed by atoms with Gasteiger partial charge in [0.2, 0.25) is 5.95 Å². The maximum absolute atomic E-state index is 10.4. The highest BCUT2D eigenvalue weighted by Gasteiger charge is 2.05. The van der Waals surface area contributed by atoms with Crippen molar-refractivity contribution in [1.29, 1.82) is 0 Å². The van der Waals surface area contributed by atoms with Gasteiger partial charge in [0.25, 0.3) is 0 Å². The van der Waals surface area contributed by atoms with Gasteiger partial charge in [0.15, 0.2) is 0 Å². The van der Waals surface area contributed by atoms with Crippen molar-refractivity contribution >= 4 is 11.9 Å². The normalized spacial score (nSPS) is 10.7. The van der Waals surface area contributed by atoms with Crippen molar-refractivity contribution in [1.82, 2.24) is 9.97 Å². The molecule has 1 rings (SSSR count). The summed E-state index contributed by atoms with van der Waals surface area (Å²) in [6.45, 7) is 6.84. The second-order valence-electron chi connectivity index (χ2n) is 4.69. The monoisotopic (exact) mass is 251 g/mol.